The molecule has 7 heteroatoms. The van der Waals surface area contributed by atoms with Crippen LogP contribution >= 0.6 is 15.9 Å². The fourth-order valence-corrected chi connectivity index (χ4v) is 5.20. The lowest BCUT2D eigenvalue weighted by atomic mass is 10.1. The van der Waals surface area contributed by atoms with E-state index in [-0.39, 0.29) is 5.97 Å². The van der Waals surface area contributed by atoms with Crippen molar-refractivity contribution in [3.05, 3.63) is 64.1 Å². The predicted molar refractivity (Wildman–Crippen MR) is 139 cm³/mol. The number of methoxy groups -OCH3 is 2. The van der Waals surface area contributed by atoms with Crippen LogP contribution in [0.25, 0.3) is 44.2 Å². The van der Waals surface area contributed by atoms with Crippen molar-refractivity contribution in [3.8, 4) is 11.4 Å². The highest BCUT2D eigenvalue weighted by molar-refractivity contribution is 9.10. The third kappa shape index (κ3) is 3.51. The van der Waals surface area contributed by atoms with Gasteiger partial charge in [0.15, 0.2) is 0 Å². The number of benzene rings is 3. The maximum Gasteiger partial charge on any atom is 0.338 e. The standard InChI is InChI=1S/C27H26BrN3O3/c1-5-30-22-9-6-17(14-20(22)21-15-18(28)7-10-23(21)30)26-29-25-16(2)19(27(32)34-4)8-11-24(25)31(26)12-13-33-3/h6-11,14-15H,5,12-13H2,1-4H3. The van der Waals surface area contributed by atoms with Crippen LogP contribution < -0.4 is 0 Å². The van der Waals surface area contributed by atoms with Crippen molar-refractivity contribution >= 4 is 54.7 Å². The Kier molecular flexibility index (Phi) is 5.91. The van der Waals surface area contributed by atoms with Crippen LogP contribution in [0.3, 0.4) is 0 Å². The minimum Gasteiger partial charge on any atom is -0.465 e. The van der Waals surface area contributed by atoms with Crippen LogP contribution in [0.15, 0.2) is 53.0 Å². The maximum absolute atomic E-state index is 12.3. The molecule has 2 aromatic heterocycles. The molecule has 174 valence electrons. The average molecular weight is 520 g/mol. The summed E-state index contributed by atoms with van der Waals surface area (Å²) in [6.45, 7) is 6.19. The van der Waals surface area contributed by atoms with E-state index >= 15 is 0 Å². The molecule has 0 atom stereocenters. The number of hydrogen-bond acceptors (Lipinski definition) is 4. The first-order chi connectivity index (χ1) is 16.5. The van der Waals surface area contributed by atoms with E-state index in [4.69, 9.17) is 14.5 Å². The largest absolute Gasteiger partial charge is 0.465 e. The van der Waals surface area contributed by atoms with Gasteiger partial charge in [-0.05, 0) is 67.9 Å². The molecule has 0 saturated carbocycles. The van der Waals surface area contributed by atoms with Gasteiger partial charge < -0.3 is 18.6 Å². The number of carbonyl (C=O) groups is 1. The first-order valence-corrected chi connectivity index (χ1v) is 12.1. The van der Waals surface area contributed by atoms with Gasteiger partial charge in [0.05, 0.1) is 30.3 Å². The Hall–Kier alpha value is -3.16. The van der Waals surface area contributed by atoms with Crippen molar-refractivity contribution in [3.63, 3.8) is 0 Å². The molecule has 0 amide bonds. The van der Waals surface area contributed by atoms with Crippen molar-refractivity contribution in [1.82, 2.24) is 14.1 Å². The highest BCUT2D eigenvalue weighted by Gasteiger charge is 2.20. The van der Waals surface area contributed by atoms with Crippen LogP contribution in [0.1, 0.15) is 22.8 Å². The zero-order chi connectivity index (χ0) is 24.0. The number of imidazole rings is 1. The molecular weight excluding hydrogens is 494 g/mol. The number of nitrogens with zero attached hydrogens (tertiary/aromatic N) is 3. The minimum atomic E-state index is -0.355. The molecule has 0 fully saturated rings. The summed E-state index contributed by atoms with van der Waals surface area (Å²) in [7, 11) is 3.10. The van der Waals surface area contributed by atoms with Gasteiger partial charge in [-0.1, -0.05) is 15.9 Å². The Morgan fingerprint density at radius 2 is 1.68 bits per heavy atom. The number of rotatable bonds is 6. The quantitative estimate of drug-likeness (QED) is 0.246. The van der Waals surface area contributed by atoms with Gasteiger partial charge in [0, 0.05) is 52.0 Å². The van der Waals surface area contributed by atoms with E-state index in [0.29, 0.717) is 18.7 Å². The number of aromatic nitrogens is 3. The molecule has 0 radical (unpaired) electrons. The minimum absolute atomic E-state index is 0.355. The Morgan fingerprint density at radius 1 is 0.971 bits per heavy atom. The highest BCUT2D eigenvalue weighted by atomic mass is 79.9. The lowest BCUT2D eigenvalue weighted by molar-refractivity contribution is 0.0600. The second-order valence-electron chi connectivity index (χ2n) is 8.31. The summed E-state index contributed by atoms with van der Waals surface area (Å²) < 4.78 is 15.9. The Labute approximate surface area is 206 Å². The van der Waals surface area contributed by atoms with Gasteiger partial charge in [0.25, 0.3) is 0 Å². The maximum atomic E-state index is 12.3. The second kappa shape index (κ2) is 8.89. The smallest absolute Gasteiger partial charge is 0.338 e. The van der Waals surface area contributed by atoms with E-state index in [1.165, 1.54) is 28.9 Å². The van der Waals surface area contributed by atoms with E-state index in [1.54, 1.807) is 7.11 Å². The topological polar surface area (TPSA) is 58.3 Å². The van der Waals surface area contributed by atoms with Crippen molar-refractivity contribution in [1.29, 1.82) is 0 Å². The van der Waals surface area contributed by atoms with Crippen LogP contribution in [-0.2, 0) is 22.6 Å². The summed E-state index contributed by atoms with van der Waals surface area (Å²) in [5.41, 5.74) is 6.55. The summed E-state index contributed by atoms with van der Waals surface area (Å²) in [5, 5.41) is 2.39. The number of ether oxygens (including phenoxy) is 2. The van der Waals surface area contributed by atoms with Gasteiger partial charge in [-0.3, -0.25) is 0 Å². The Balaban J connectivity index is 1.78. The van der Waals surface area contributed by atoms with E-state index in [9.17, 15) is 4.79 Å². The third-order valence-corrected chi connectivity index (χ3v) is 6.99. The molecule has 5 aromatic rings. The molecule has 3 aromatic carbocycles. The zero-order valence-corrected chi connectivity index (χ0v) is 21.3. The summed E-state index contributed by atoms with van der Waals surface area (Å²) in [6, 6.07) is 16.7. The third-order valence-electron chi connectivity index (χ3n) is 6.50. The molecule has 0 saturated heterocycles. The van der Waals surface area contributed by atoms with Gasteiger partial charge in [0.1, 0.15) is 5.82 Å². The summed E-state index contributed by atoms with van der Waals surface area (Å²) >= 11 is 3.63. The van der Waals surface area contributed by atoms with Crippen LogP contribution in [0, 0.1) is 6.92 Å². The molecule has 0 aliphatic rings. The molecule has 6 nitrogen and oxygen atoms in total. The van der Waals surface area contributed by atoms with Crippen molar-refractivity contribution in [2.24, 2.45) is 0 Å². The molecule has 0 bridgehead atoms. The number of fused-ring (bicyclic) bond motifs is 4. The molecule has 0 unspecified atom stereocenters. The number of aryl methyl sites for hydroxylation is 2. The molecule has 2 heterocycles. The lowest BCUT2D eigenvalue weighted by Crippen LogP contribution is -2.07. The van der Waals surface area contributed by atoms with Gasteiger partial charge in [-0.15, -0.1) is 0 Å². The van der Waals surface area contributed by atoms with Crippen molar-refractivity contribution < 1.29 is 14.3 Å². The number of esters is 1. The van der Waals surface area contributed by atoms with Gasteiger partial charge in [-0.25, -0.2) is 9.78 Å². The first-order valence-electron chi connectivity index (χ1n) is 11.3. The van der Waals surface area contributed by atoms with Crippen LogP contribution in [0.5, 0.6) is 0 Å². The fraction of sp³-hybridized carbons (Fsp3) is 0.259. The Bertz CT molecular complexity index is 1560. The highest BCUT2D eigenvalue weighted by Crippen LogP contribution is 2.35. The summed E-state index contributed by atoms with van der Waals surface area (Å²) in [4.78, 5) is 17.3. The van der Waals surface area contributed by atoms with Gasteiger partial charge in [-0.2, -0.15) is 0 Å². The molecule has 0 N–H and O–H groups in total. The molecule has 34 heavy (non-hydrogen) atoms. The SMILES string of the molecule is CCn1c2ccc(Br)cc2c2cc(-c3nc4c(C)c(C(=O)OC)ccc4n3CCOC)ccc21. The first kappa shape index (κ1) is 22.6. The van der Waals surface area contributed by atoms with Crippen molar-refractivity contribution in [2.45, 2.75) is 26.9 Å². The molecule has 0 spiro atoms. The normalized spacial score (nSPS) is 11.7. The van der Waals surface area contributed by atoms with Crippen molar-refractivity contribution in [2.75, 3.05) is 20.8 Å². The number of hydrogen-bond donors (Lipinski definition) is 0. The monoisotopic (exact) mass is 519 g/mol. The summed E-state index contributed by atoms with van der Waals surface area (Å²) in [6.07, 6.45) is 0. The van der Waals surface area contributed by atoms with Gasteiger partial charge >= 0.3 is 5.97 Å². The number of carbonyl (C=O) groups excluding carboxylic acids is 1. The second-order valence-corrected chi connectivity index (χ2v) is 9.23. The molecular formula is C27H26BrN3O3. The average Bonchev–Trinajstić information content (AvgIpc) is 3.37. The Morgan fingerprint density at radius 3 is 2.38 bits per heavy atom. The van der Waals surface area contributed by atoms with Crippen LogP contribution in [-0.4, -0.2) is 40.9 Å². The zero-order valence-electron chi connectivity index (χ0n) is 19.7. The predicted octanol–water partition coefficient (Wildman–Crippen LogP) is 6.34. The number of halogens is 1. The van der Waals surface area contributed by atoms with E-state index in [1.807, 2.05) is 19.1 Å². The van der Waals surface area contributed by atoms with Crippen LogP contribution in [0.2, 0.25) is 0 Å². The fourth-order valence-electron chi connectivity index (χ4n) is 4.84. The van der Waals surface area contributed by atoms with E-state index in [0.717, 1.165) is 39.0 Å². The van der Waals surface area contributed by atoms with Gasteiger partial charge in [0.2, 0.25) is 0 Å². The van der Waals surface area contributed by atoms with E-state index in [2.05, 4.69) is 68.4 Å². The summed E-state index contributed by atoms with van der Waals surface area (Å²) in [5.74, 6) is 0.498. The lowest BCUT2D eigenvalue weighted by Gasteiger charge is -2.10. The van der Waals surface area contributed by atoms with E-state index < -0.39 is 0 Å². The molecule has 0 aliphatic carbocycles. The van der Waals surface area contributed by atoms with Crippen LogP contribution in [0.4, 0.5) is 0 Å². The molecule has 0 aliphatic heterocycles. The molecule has 5 rings (SSSR count).